The van der Waals surface area contributed by atoms with E-state index >= 15 is 0 Å². The Morgan fingerprint density at radius 3 is 2.41 bits per heavy atom. The monoisotopic (exact) mass is 372 g/mol. The predicted molar refractivity (Wildman–Crippen MR) is 103 cm³/mol. The zero-order valence-electron chi connectivity index (χ0n) is 15.9. The van der Waals surface area contributed by atoms with Crippen molar-refractivity contribution in [2.24, 2.45) is 5.73 Å². The van der Waals surface area contributed by atoms with Crippen LogP contribution in [0.4, 0.5) is 5.69 Å². The molecule has 0 radical (unpaired) electrons. The summed E-state index contributed by atoms with van der Waals surface area (Å²) >= 11 is 0. The molecule has 2 aromatic rings. The molecule has 0 saturated heterocycles. The fraction of sp³-hybridized carbons (Fsp3) is 0.300. The number of ether oxygens (including phenoxy) is 2. The molecule has 0 fully saturated rings. The summed E-state index contributed by atoms with van der Waals surface area (Å²) < 4.78 is 10.9. The SMILES string of the molecule is CCOc1ccc(C[NH+](C)CC(=O)Nc2ccc(C(N)=O)cc2)cc1OC. The van der Waals surface area contributed by atoms with E-state index in [4.69, 9.17) is 15.2 Å². The highest BCUT2D eigenvalue weighted by Gasteiger charge is 2.13. The van der Waals surface area contributed by atoms with Crippen LogP contribution in [0, 0.1) is 0 Å². The summed E-state index contributed by atoms with van der Waals surface area (Å²) in [5, 5.41) is 2.82. The number of primary amides is 1. The average Bonchev–Trinajstić information content (AvgIpc) is 2.63. The lowest BCUT2D eigenvalue weighted by Crippen LogP contribution is -3.08. The van der Waals surface area contributed by atoms with Crippen molar-refractivity contribution in [3.63, 3.8) is 0 Å². The van der Waals surface area contributed by atoms with Crippen LogP contribution in [0.15, 0.2) is 42.5 Å². The molecule has 0 heterocycles. The number of hydrogen-bond donors (Lipinski definition) is 3. The highest BCUT2D eigenvalue weighted by atomic mass is 16.5. The number of hydrogen-bond acceptors (Lipinski definition) is 4. The maximum atomic E-state index is 12.2. The second-order valence-electron chi connectivity index (χ2n) is 6.22. The van der Waals surface area contributed by atoms with E-state index in [1.807, 2.05) is 32.2 Å². The van der Waals surface area contributed by atoms with Gasteiger partial charge >= 0.3 is 0 Å². The summed E-state index contributed by atoms with van der Waals surface area (Å²) in [5.74, 6) is 0.778. The molecule has 7 heteroatoms. The summed E-state index contributed by atoms with van der Waals surface area (Å²) in [6.07, 6.45) is 0. The number of methoxy groups -OCH3 is 1. The summed E-state index contributed by atoms with van der Waals surface area (Å²) in [6, 6.07) is 12.3. The van der Waals surface area contributed by atoms with Crippen LogP contribution in [-0.4, -0.2) is 39.1 Å². The Morgan fingerprint density at radius 1 is 1.11 bits per heavy atom. The Morgan fingerprint density at radius 2 is 1.81 bits per heavy atom. The average molecular weight is 372 g/mol. The van der Waals surface area contributed by atoms with E-state index in [1.54, 1.807) is 31.4 Å². The van der Waals surface area contributed by atoms with Crippen LogP contribution in [-0.2, 0) is 11.3 Å². The fourth-order valence-electron chi connectivity index (χ4n) is 2.70. The van der Waals surface area contributed by atoms with Crippen molar-refractivity contribution in [1.29, 1.82) is 0 Å². The molecule has 0 bridgehead atoms. The molecule has 4 N–H and O–H groups in total. The van der Waals surface area contributed by atoms with E-state index in [0.717, 1.165) is 10.5 Å². The Labute approximate surface area is 159 Å². The third kappa shape index (κ3) is 6.00. The van der Waals surface area contributed by atoms with Gasteiger partial charge in [0.15, 0.2) is 18.0 Å². The topological polar surface area (TPSA) is 95.1 Å². The van der Waals surface area contributed by atoms with Crippen LogP contribution < -0.4 is 25.4 Å². The number of rotatable bonds is 9. The number of benzene rings is 2. The molecule has 0 saturated carbocycles. The van der Waals surface area contributed by atoms with Crippen LogP contribution in [0.5, 0.6) is 11.5 Å². The third-order valence-corrected chi connectivity index (χ3v) is 3.95. The second-order valence-corrected chi connectivity index (χ2v) is 6.22. The number of nitrogens with two attached hydrogens (primary N) is 1. The number of anilines is 1. The Balaban J connectivity index is 1.91. The van der Waals surface area contributed by atoms with Crippen molar-refractivity contribution in [2.45, 2.75) is 13.5 Å². The van der Waals surface area contributed by atoms with Gasteiger partial charge in [-0.2, -0.15) is 0 Å². The first kappa shape index (κ1) is 20.3. The van der Waals surface area contributed by atoms with Gasteiger partial charge in [0.05, 0.1) is 20.8 Å². The van der Waals surface area contributed by atoms with Gasteiger partial charge in [0, 0.05) is 16.8 Å². The molecular weight excluding hydrogens is 346 g/mol. The van der Waals surface area contributed by atoms with Crippen LogP contribution in [0.3, 0.4) is 0 Å². The number of likely N-dealkylation sites (N-methyl/N-ethyl adjacent to an activating group) is 1. The molecule has 0 aliphatic heterocycles. The van der Waals surface area contributed by atoms with Gasteiger partial charge in [-0.05, 0) is 49.4 Å². The van der Waals surface area contributed by atoms with Crippen LogP contribution in [0.25, 0.3) is 0 Å². The van der Waals surface area contributed by atoms with E-state index in [0.29, 0.717) is 42.4 Å². The lowest BCUT2D eigenvalue weighted by molar-refractivity contribution is -0.885. The van der Waals surface area contributed by atoms with Crippen molar-refractivity contribution in [2.75, 3.05) is 32.6 Å². The van der Waals surface area contributed by atoms with Crippen LogP contribution in [0.1, 0.15) is 22.8 Å². The van der Waals surface area contributed by atoms with Gasteiger partial charge in [0.1, 0.15) is 6.54 Å². The Kier molecular flexibility index (Phi) is 7.19. The largest absolute Gasteiger partial charge is 0.493 e. The van der Waals surface area contributed by atoms with Gasteiger partial charge in [0.2, 0.25) is 5.91 Å². The minimum Gasteiger partial charge on any atom is -0.493 e. The standard InChI is InChI=1S/C20H25N3O4/c1-4-27-17-10-5-14(11-18(17)26-3)12-23(2)13-19(24)22-16-8-6-15(7-9-16)20(21)25/h5-11H,4,12-13H2,1-3H3,(H2,21,25)(H,22,24)/p+1. The summed E-state index contributed by atoms with van der Waals surface area (Å²) in [5.41, 5.74) is 7.28. The predicted octanol–water partition coefficient (Wildman–Crippen LogP) is 0.846. The molecule has 2 amide bonds. The minimum absolute atomic E-state index is 0.114. The quantitative estimate of drug-likeness (QED) is 0.608. The minimum atomic E-state index is -0.497. The lowest BCUT2D eigenvalue weighted by atomic mass is 10.2. The summed E-state index contributed by atoms with van der Waals surface area (Å²) in [7, 11) is 3.55. The lowest BCUT2D eigenvalue weighted by Gasteiger charge is -2.16. The van der Waals surface area contributed by atoms with Gasteiger partial charge < -0.3 is 25.4 Å². The zero-order valence-corrected chi connectivity index (χ0v) is 15.9. The Bertz CT molecular complexity index is 790. The molecule has 27 heavy (non-hydrogen) atoms. The molecule has 1 atom stereocenters. The highest BCUT2D eigenvalue weighted by Crippen LogP contribution is 2.27. The number of carbonyl (C=O) groups excluding carboxylic acids is 2. The van der Waals surface area contributed by atoms with Crippen molar-refractivity contribution >= 4 is 17.5 Å². The number of amides is 2. The number of quaternary nitrogens is 1. The Hall–Kier alpha value is -3.06. The van der Waals surface area contributed by atoms with Crippen molar-refractivity contribution in [3.05, 3.63) is 53.6 Å². The van der Waals surface area contributed by atoms with Gasteiger partial charge in [-0.15, -0.1) is 0 Å². The van der Waals surface area contributed by atoms with Gasteiger partial charge in [-0.3, -0.25) is 9.59 Å². The first-order chi connectivity index (χ1) is 12.9. The second kappa shape index (κ2) is 9.59. The maximum Gasteiger partial charge on any atom is 0.279 e. The molecule has 1 unspecified atom stereocenters. The molecule has 0 aliphatic rings. The van der Waals surface area contributed by atoms with E-state index in [9.17, 15) is 9.59 Å². The van der Waals surface area contributed by atoms with E-state index in [-0.39, 0.29) is 5.91 Å². The van der Waals surface area contributed by atoms with E-state index < -0.39 is 5.91 Å². The first-order valence-corrected chi connectivity index (χ1v) is 8.73. The number of carbonyl (C=O) groups is 2. The molecule has 7 nitrogen and oxygen atoms in total. The van der Waals surface area contributed by atoms with Gasteiger partial charge in [-0.25, -0.2) is 0 Å². The smallest absolute Gasteiger partial charge is 0.279 e. The molecule has 2 aromatic carbocycles. The maximum absolute atomic E-state index is 12.2. The van der Waals surface area contributed by atoms with E-state index in [1.165, 1.54) is 0 Å². The molecule has 0 aromatic heterocycles. The first-order valence-electron chi connectivity index (χ1n) is 8.73. The zero-order chi connectivity index (χ0) is 19.8. The van der Waals surface area contributed by atoms with Gasteiger partial charge in [-0.1, -0.05) is 0 Å². The van der Waals surface area contributed by atoms with Crippen molar-refractivity contribution in [1.82, 2.24) is 0 Å². The molecular formula is C20H26N3O4+. The summed E-state index contributed by atoms with van der Waals surface area (Å²) in [6.45, 7) is 3.46. The molecule has 0 spiro atoms. The van der Waals surface area contributed by atoms with E-state index in [2.05, 4.69) is 5.32 Å². The van der Waals surface area contributed by atoms with Gasteiger partial charge in [0.25, 0.3) is 5.91 Å². The van der Waals surface area contributed by atoms with Crippen molar-refractivity contribution < 1.29 is 24.0 Å². The highest BCUT2D eigenvalue weighted by molar-refractivity contribution is 5.95. The third-order valence-electron chi connectivity index (χ3n) is 3.95. The fourth-order valence-corrected chi connectivity index (χ4v) is 2.70. The van der Waals surface area contributed by atoms with Crippen molar-refractivity contribution in [3.8, 4) is 11.5 Å². The molecule has 144 valence electrons. The molecule has 2 rings (SSSR count). The van der Waals surface area contributed by atoms with Crippen LogP contribution in [0.2, 0.25) is 0 Å². The van der Waals surface area contributed by atoms with Crippen LogP contribution >= 0.6 is 0 Å². The normalized spacial score (nSPS) is 11.5. The molecule has 0 aliphatic carbocycles. The number of nitrogens with one attached hydrogen (secondary N) is 2. The summed E-state index contributed by atoms with van der Waals surface area (Å²) in [4.78, 5) is 24.3.